The van der Waals surface area contributed by atoms with Crippen LogP contribution in [0.25, 0.3) is 0 Å². The van der Waals surface area contributed by atoms with Crippen LogP contribution < -0.4 is 10.5 Å². The molecule has 3 atom stereocenters. The number of carboxylic acids is 1. The minimum absolute atomic E-state index is 0.0548. The number of hydrogen-bond donors (Lipinski definition) is 2. The second kappa shape index (κ2) is 11.5. The molecular formula is C24H28ClFN4O5. The SMILES string of the molecule is CC1CN(C(=O)COc2ncc(Cl)cc2C(CC(=O)O)C(N)=O)C(C)CN1Cc1ccc(F)cc1. The molecule has 0 bridgehead atoms. The van der Waals surface area contributed by atoms with Gasteiger partial charge >= 0.3 is 5.97 Å². The molecule has 0 saturated carbocycles. The molecule has 3 unspecified atom stereocenters. The molecule has 1 fully saturated rings. The van der Waals surface area contributed by atoms with Gasteiger partial charge in [-0.05, 0) is 37.6 Å². The highest BCUT2D eigenvalue weighted by Crippen LogP contribution is 2.30. The van der Waals surface area contributed by atoms with Gasteiger partial charge in [-0.2, -0.15) is 0 Å². The minimum atomic E-state index is -1.22. The number of rotatable bonds is 9. The van der Waals surface area contributed by atoms with Crippen LogP contribution in [0, 0.1) is 5.82 Å². The molecule has 3 rings (SSSR count). The molecule has 2 aromatic rings. The van der Waals surface area contributed by atoms with E-state index in [0.717, 1.165) is 5.56 Å². The summed E-state index contributed by atoms with van der Waals surface area (Å²) in [5.41, 5.74) is 6.49. The molecule has 1 aliphatic heterocycles. The summed E-state index contributed by atoms with van der Waals surface area (Å²) in [4.78, 5) is 44.0. The van der Waals surface area contributed by atoms with Crippen LogP contribution in [-0.4, -0.2) is 69.5 Å². The summed E-state index contributed by atoms with van der Waals surface area (Å²) >= 11 is 5.99. The number of carbonyl (C=O) groups is 3. The Morgan fingerprint density at radius 2 is 1.91 bits per heavy atom. The van der Waals surface area contributed by atoms with E-state index >= 15 is 0 Å². The Labute approximate surface area is 207 Å². The third-order valence-corrected chi connectivity index (χ3v) is 6.22. The highest BCUT2D eigenvalue weighted by atomic mass is 35.5. The first-order valence-electron chi connectivity index (χ1n) is 11.1. The summed E-state index contributed by atoms with van der Waals surface area (Å²) in [6, 6.07) is 7.67. The number of carboxylic acid groups (broad SMARTS) is 1. The van der Waals surface area contributed by atoms with Crippen LogP contribution in [0.3, 0.4) is 0 Å². The zero-order valence-electron chi connectivity index (χ0n) is 19.5. The number of halogens is 2. The van der Waals surface area contributed by atoms with Gasteiger partial charge in [0.15, 0.2) is 6.61 Å². The third kappa shape index (κ3) is 6.89. The molecule has 1 saturated heterocycles. The standard InChI is InChI=1S/C24H28ClFN4O5/c1-14-11-30(15(2)10-29(14)12-16-3-5-18(26)6-4-16)21(31)13-35-24-20(7-17(25)9-28-24)19(23(27)34)8-22(32)33/h3-7,9,14-15,19H,8,10-13H2,1-2H3,(H2,27,34)(H,32,33). The van der Waals surface area contributed by atoms with Gasteiger partial charge in [0.05, 0.1) is 17.4 Å². The Bertz CT molecular complexity index is 1080. The quantitative estimate of drug-likeness (QED) is 0.534. The molecule has 0 radical (unpaired) electrons. The zero-order valence-corrected chi connectivity index (χ0v) is 20.2. The maximum Gasteiger partial charge on any atom is 0.304 e. The van der Waals surface area contributed by atoms with E-state index in [9.17, 15) is 18.8 Å². The Balaban J connectivity index is 1.66. The van der Waals surface area contributed by atoms with Gasteiger partial charge in [-0.3, -0.25) is 19.3 Å². The van der Waals surface area contributed by atoms with Crippen molar-refractivity contribution in [2.45, 2.75) is 44.8 Å². The van der Waals surface area contributed by atoms with E-state index < -0.39 is 24.2 Å². The summed E-state index contributed by atoms with van der Waals surface area (Å²) in [5, 5.41) is 9.32. The van der Waals surface area contributed by atoms with Crippen molar-refractivity contribution in [2.24, 2.45) is 5.73 Å². The van der Waals surface area contributed by atoms with Crippen molar-refractivity contribution in [3.63, 3.8) is 0 Å². The largest absolute Gasteiger partial charge is 0.481 e. The van der Waals surface area contributed by atoms with E-state index in [1.807, 2.05) is 13.8 Å². The Morgan fingerprint density at radius 3 is 2.54 bits per heavy atom. The molecule has 35 heavy (non-hydrogen) atoms. The van der Waals surface area contributed by atoms with E-state index in [-0.39, 0.29) is 46.9 Å². The number of piperazine rings is 1. The van der Waals surface area contributed by atoms with Gasteiger partial charge in [0, 0.05) is 43.5 Å². The maximum absolute atomic E-state index is 13.2. The molecule has 2 amide bonds. The van der Waals surface area contributed by atoms with E-state index in [1.54, 1.807) is 17.0 Å². The molecule has 0 spiro atoms. The first kappa shape index (κ1) is 26.4. The number of pyridine rings is 1. The number of primary amides is 1. The Morgan fingerprint density at radius 1 is 1.23 bits per heavy atom. The summed E-state index contributed by atoms with van der Waals surface area (Å²) < 4.78 is 18.8. The topological polar surface area (TPSA) is 126 Å². The van der Waals surface area contributed by atoms with Gasteiger partial charge in [-0.15, -0.1) is 0 Å². The van der Waals surface area contributed by atoms with Crippen molar-refractivity contribution in [1.29, 1.82) is 0 Å². The average molecular weight is 507 g/mol. The molecular weight excluding hydrogens is 479 g/mol. The van der Waals surface area contributed by atoms with Crippen molar-refractivity contribution in [1.82, 2.24) is 14.8 Å². The fraction of sp³-hybridized carbons (Fsp3) is 0.417. The molecule has 9 nitrogen and oxygen atoms in total. The number of aliphatic carboxylic acids is 1. The van der Waals surface area contributed by atoms with Crippen LogP contribution in [-0.2, 0) is 20.9 Å². The van der Waals surface area contributed by atoms with Gasteiger partial charge in [-0.1, -0.05) is 23.7 Å². The van der Waals surface area contributed by atoms with Crippen LogP contribution >= 0.6 is 11.6 Å². The van der Waals surface area contributed by atoms with E-state index in [1.165, 1.54) is 24.4 Å². The predicted molar refractivity (Wildman–Crippen MR) is 126 cm³/mol. The number of hydrogen-bond acceptors (Lipinski definition) is 6. The lowest BCUT2D eigenvalue weighted by Gasteiger charge is -2.44. The van der Waals surface area contributed by atoms with Crippen LogP contribution in [0.5, 0.6) is 5.88 Å². The number of amides is 2. The molecule has 11 heteroatoms. The van der Waals surface area contributed by atoms with Crippen LogP contribution in [0.1, 0.15) is 37.3 Å². The van der Waals surface area contributed by atoms with Gasteiger partial charge in [0.1, 0.15) is 5.82 Å². The number of aromatic nitrogens is 1. The van der Waals surface area contributed by atoms with Crippen molar-refractivity contribution >= 4 is 29.4 Å². The number of carbonyl (C=O) groups excluding carboxylic acids is 2. The van der Waals surface area contributed by atoms with E-state index in [0.29, 0.717) is 19.6 Å². The maximum atomic E-state index is 13.2. The Hall–Kier alpha value is -3.24. The molecule has 0 aliphatic carbocycles. The van der Waals surface area contributed by atoms with Crippen LogP contribution in [0.2, 0.25) is 5.02 Å². The van der Waals surface area contributed by atoms with Crippen molar-refractivity contribution in [3.05, 3.63) is 58.5 Å². The van der Waals surface area contributed by atoms with E-state index in [4.69, 9.17) is 27.2 Å². The highest BCUT2D eigenvalue weighted by molar-refractivity contribution is 6.30. The van der Waals surface area contributed by atoms with Crippen molar-refractivity contribution < 1.29 is 28.6 Å². The summed E-state index contributed by atoms with van der Waals surface area (Å²) in [6.45, 7) is 5.32. The van der Waals surface area contributed by atoms with Gasteiger partial charge in [-0.25, -0.2) is 9.37 Å². The summed E-state index contributed by atoms with van der Waals surface area (Å²) in [7, 11) is 0. The smallest absolute Gasteiger partial charge is 0.304 e. The molecule has 1 aromatic heterocycles. The van der Waals surface area contributed by atoms with Crippen molar-refractivity contribution in [3.8, 4) is 5.88 Å². The fourth-order valence-corrected chi connectivity index (χ4v) is 4.32. The lowest BCUT2D eigenvalue weighted by atomic mass is 9.96. The highest BCUT2D eigenvalue weighted by Gasteiger charge is 2.33. The number of ether oxygens (including phenoxy) is 1. The predicted octanol–water partition coefficient (Wildman–Crippen LogP) is 2.42. The number of nitrogens with zero attached hydrogens (tertiary/aromatic N) is 3. The fourth-order valence-electron chi connectivity index (χ4n) is 4.15. The van der Waals surface area contributed by atoms with Gasteiger partial charge in [0.25, 0.3) is 5.91 Å². The summed E-state index contributed by atoms with van der Waals surface area (Å²) in [5.74, 6) is -3.93. The van der Waals surface area contributed by atoms with Crippen LogP contribution in [0.15, 0.2) is 36.5 Å². The van der Waals surface area contributed by atoms with Crippen LogP contribution in [0.4, 0.5) is 4.39 Å². The lowest BCUT2D eigenvalue weighted by Crippen LogP contribution is -2.58. The third-order valence-electron chi connectivity index (χ3n) is 6.01. The number of nitrogens with two attached hydrogens (primary N) is 1. The second-order valence-electron chi connectivity index (χ2n) is 8.69. The molecule has 3 N–H and O–H groups in total. The molecule has 1 aliphatic rings. The average Bonchev–Trinajstić information content (AvgIpc) is 2.79. The normalized spacial score (nSPS) is 19.3. The van der Waals surface area contributed by atoms with Gasteiger partial charge < -0.3 is 20.5 Å². The first-order chi connectivity index (χ1) is 16.5. The van der Waals surface area contributed by atoms with Gasteiger partial charge in [0.2, 0.25) is 11.8 Å². The first-order valence-corrected chi connectivity index (χ1v) is 11.5. The monoisotopic (exact) mass is 506 g/mol. The Kier molecular flexibility index (Phi) is 8.63. The minimum Gasteiger partial charge on any atom is -0.481 e. The summed E-state index contributed by atoms with van der Waals surface area (Å²) in [6.07, 6.45) is 0.717. The molecule has 188 valence electrons. The molecule has 1 aromatic carbocycles. The van der Waals surface area contributed by atoms with Crippen molar-refractivity contribution in [2.75, 3.05) is 19.7 Å². The number of benzene rings is 1. The lowest BCUT2D eigenvalue weighted by molar-refractivity contribution is -0.140. The zero-order chi connectivity index (χ0) is 25.7. The van der Waals surface area contributed by atoms with E-state index in [2.05, 4.69) is 9.88 Å². The molecule has 2 heterocycles. The second-order valence-corrected chi connectivity index (χ2v) is 9.13.